The SMILES string of the molecule is CC(Oc1ccc(-c2ccccc2)cc1)C(=O)Nc1ccccc1C(=O)NCC1CCCO1. The number of amides is 2. The Morgan fingerprint density at radius 1 is 0.970 bits per heavy atom. The summed E-state index contributed by atoms with van der Waals surface area (Å²) in [6.07, 6.45) is 1.27. The van der Waals surface area contributed by atoms with Gasteiger partial charge in [0.15, 0.2) is 6.10 Å². The van der Waals surface area contributed by atoms with Crippen molar-refractivity contribution < 1.29 is 19.1 Å². The zero-order valence-corrected chi connectivity index (χ0v) is 18.6. The van der Waals surface area contributed by atoms with Gasteiger partial charge in [0.05, 0.1) is 17.4 Å². The van der Waals surface area contributed by atoms with Crippen molar-refractivity contribution in [2.24, 2.45) is 0 Å². The second kappa shape index (κ2) is 10.8. The number of benzene rings is 3. The zero-order chi connectivity index (χ0) is 23.0. The summed E-state index contributed by atoms with van der Waals surface area (Å²) in [5, 5.41) is 5.72. The normalized spacial score (nSPS) is 16.1. The number of ether oxygens (including phenoxy) is 2. The van der Waals surface area contributed by atoms with Crippen molar-refractivity contribution in [3.05, 3.63) is 84.4 Å². The summed E-state index contributed by atoms with van der Waals surface area (Å²) in [5.41, 5.74) is 3.04. The molecule has 0 aliphatic carbocycles. The van der Waals surface area contributed by atoms with E-state index in [-0.39, 0.29) is 17.9 Å². The molecule has 3 aromatic carbocycles. The maximum atomic E-state index is 12.8. The third kappa shape index (κ3) is 5.99. The van der Waals surface area contributed by atoms with E-state index < -0.39 is 6.10 Å². The molecular weight excluding hydrogens is 416 g/mol. The zero-order valence-electron chi connectivity index (χ0n) is 18.6. The Morgan fingerprint density at radius 2 is 1.67 bits per heavy atom. The van der Waals surface area contributed by atoms with Gasteiger partial charge < -0.3 is 20.1 Å². The van der Waals surface area contributed by atoms with Crippen LogP contribution in [0.1, 0.15) is 30.1 Å². The van der Waals surface area contributed by atoms with Crippen LogP contribution in [0.25, 0.3) is 11.1 Å². The monoisotopic (exact) mass is 444 g/mol. The van der Waals surface area contributed by atoms with Gasteiger partial charge in [0.1, 0.15) is 5.75 Å². The lowest BCUT2D eigenvalue weighted by Crippen LogP contribution is -2.34. The van der Waals surface area contributed by atoms with Crippen LogP contribution in [0.2, 0.25) is 0 Å². The second-order valence-corrected chi connectivity index (χ2v) is 8.03. The van der Waals surface area contributed by atoms with Gasteiger partial charge in [-0.3, -0.25) is 9.59 Å². The molecule has 33 heavy (non-hydrogen) atoms. The average molecular weight is 445 g/mol. The summed E-state index contributed by atoms with van der Waals surface area (Å²) in [6, 6.07) is 24.6. The molecule has 0 spiro atoms. The molecule has 4 rings (SSSR count). The summed E-state index contributed by atoms with van der Waals surface area (Å²) in [4.78, 5) is 25.4. The minimum absolute atomic E-state index is 0.0532. The maximum Gasteiger partial charge on any atom is 0.265 e. The molecule has 0 aromatic heterocycles. The van der Waals surface area contributed by atoms with Gasteiger partial charge >= 0.3 is 0 Å². The van der Waals surface area contributed by atoms with Crippen LogP contribution >= 0.6 is 0 Å². The molecule has 2 unspecified atom stereocenters. The Bertz CT molecular complexity index is 1080. The average Bonchev–Trinajstić information content (AvgIpc) is 3.38. The van der Waals surface area contributed by atoms with Gasteiger partial charge in [0.25, 0.3) is 11.8 Å². The van der Waals surface area contributed by atoms with E-state index in [9.17, 15) is 9.59 Å². The van der Waals surface area contributed by atoms with Crippen LogP contribution in [0, 0.1) is 0 Å². The Morgan fingerprint density at radius 3 is 2.39 bits per heavy atom. The molecule has 0 saturated carbocycles. The third-order valence-electron chi connectivity index (χ3n) is 5.59. The van der Waals surface area contributed by atoms with Crippen LogP contribution < -0.4 is 15.4 Å². The number of carbonyl (C=O) groups is 2. The fourth-order valence-corrected chi connectivity index (χ4v) is 3.75. The van der Waals surface area contributed by atoms with E-state index >= 15 is 0 Å². The standard InChI is InChI=1S/C27H28N2O4/c1-19(33-22-15-13-21(14-16-22)20-8-3-2-4-9-20)26(30)29-25-12-6-5-11-24(25)27(31)28-18-23-10-7-17-32-23/h2-6,8-9,11-16,19,23H,7,10,17-18H2,1H3,(H,28,31)(H,29,30). The van der Waals surface area contributed by atoms with Crippen molar-refractivity contribution in [2.45, 2.75) is 32.0 Å². The molecule has 0 radical (unpaired) electrons. The van der Waals surface area contributed by atoms with Gasteiger partial charge in [-0.1, -0.05) is 54.6 Å². The summed E-state index contributed by atoms with van der Waals surface area (Å²) >= 11 is 0. The summed E-state index contributed by atoms with van der Waals surface area (Å²) < 4.78 is 11.4. The van der Waals surface area contributed by atoms with Crippen LogP contribution in [0.15, 0.2) is 78.9 Å². The van der Waals surface area contributed by atoms with Crippen molar-refractivity contribution >= 4 is 17.5 Å². The minimum atomic E-state index is -0.740. The molecule has 6 nitrogen and oxygen atoms in total. The minimum Gasteiger partial charge on any atom is -0.481 e. The molecule has 0 bridgehead atoms. The molecule has 2 amide bonds. The highest BCUT2D eigenvalue weighted by atomic mass is 16.5. The molecule has 2 N–H and O–H groups in total. The lowest BCUT2D eigenvalue weighted by molar-refractivity contribution is -0.122. The van der Waals surface area contributed by atoms with E-state index in [0.29, 0.717) is 23.5 Å². The number of rotatable bonds is 8. The van der Waals surface area contributed by atoms with Crippen LogP contribution in [0.5, 0.6) is 5.75 Å². The van der Waals surface area contributed by atoms with E-state index in [1.807, 2.05) is 54.6 Å². The van der Waals surface area contributed by atoms with Gasteiger partial charge in [-0.25, -0.2) is 0 Å². The number of carbonyl (C=O) groups excluding carboxylic acids is 2. The van der Waals surface area contributed by atoms with E-state index in [2.05, 4.69) is 10.6 Å². The number of hydrogen-bond donors (Lipinski definition) is 2. The van der Waals surface area contributed by atoms with Gasteiger partial charge in [-0.2, -0.15) is 0 Å². The molecule has 1 fully saturated rings. The van der Waals surface area contributed by atoms with E-state index in [4.69, 9.17) is 9.47 Å². The molecule has 1 saturated heterocycles. The highest BCUT2D eigenvalue weighted by Gasteiger charge is 2.20. The predicted octanol–water partition coefficient (Wildman–Crippen LogP) is 4.67. The largest absolute Gasteiger partial charge is 0.481 e. The first-order valence-corrected chi connectivity index (χ1v) is 11.2. The third-order valence-corrected chi connectivity index (χ3v) is 5.59. The van der Waals surface area contributed by atoms with Crippen LogP contribution in [0.4, 0.5) is 5.69 Å². The first kappa shape index (κ1) is 22.6. The smallest absolute Gasteiger partial charge is 0.265 e. The molecule has 1 aliphatic rings. The number of anilines is 1. The Labute approximate surface area is 193 Å². The molecule has 6 heteroatoms. The highest BCUT2D eigenvalue weighted by Crippen LogP contribution is 2.23. The predicted molar refractivity (Wildman–Crippen MR) is 128 cm³/mol. The van der Waals surface area contributed by atoms with Crippen molar-refractivity contribution in [2.75, 3.05) is 18.5 Å². The van der Waals surface area contributed by atoms with Crippen LogP contribution in [-0.4, -0.2) is 37.2 Å². The molecule has 2 atom stereocenters. The first-order valence-electron chi connectivity index (χ1n) is 11.2. The number of hydrogen-bond acceptors (Lipinski definition) is 4. The van der Waals surface area contributed by atoms with Gasteiger partial charge in [0.2, 0.25) is 0 Å². The molecular formula is C27H28N2O4. The summed E-state index contributed by atoms with van der Waals surface area (Å²) in [6.45, 7) is 2.88. The topological polar surface area (TPSA) is 76.7 Å². The van der Waals surface area contributed by atoms with Gasteiger partial charge in [-0.15, -0.1) is 0 Å². The van der Waals surface area contributed by atoms with Crippen molar-refractivity contribution in [1.82, 2.24) is 5.32 Å². The molecule has 1 aliphatic heterocycles. The summed E-state index contributed by atoms with van der Waals surface area (Å²) in [5.74, 6) is 0.0212. The summed E-state index contributed by atoms with van der Waals surface area (Å²) in [7, 11) is 0. The van der Waals surface area contributed by atoms with Crippen LogP contribution in [-0.2, 0) is 9.53 Å². The van der Waals surface area contributed by atoms with E-state index in [1.54, 1.807) is 31.2 Å². The van der Waals surface area contributed by atoms with Crippen molar-refractivity contribution in [1.29, 1.82) is 0 Å². The molecule has 3 aromatic rings. The first-order chi connectivity index (χ1) is 16.1. The van der Waals surface area contributed by atoms with Crippen molar-refractivity contribution in [3.63, 3.8) is 0 Å². The van der Waals surface area contributed by atoms with Crippen LogP contribution in [0.3, 0.4) is 0 Å². The van der Waals surface area contributed by atoms with Gasteiger partial charge in [0, 0.05) is 13.2 Å². The maximum absolute atomic E-state index is 12.8. The quantitative estimate of drug-likeness (QED) is 0.529. The number of nitrogens with one attached hydrogen (secondary N) is 2. The van der Waals surface area contributed by atoms with Crippen molar-refractivity contribution in [3.8, 4) is 16.9 Å². The lowest BCUT2D eigenvalue weighted by atomic mass is 10.1. The molecule has 1 heterocycles. The number of para-hydroxylation sites is 1. The Balaban J connectivity index is 1.35. The second-order valence-electron chi connectivity index (χ2n) is 8.03. The van der Waals surface area contributed by atoms with Gasteiger partial charge in [-0.05, 0) is 55.2 Å². The van der Waals surface area contributed by atoms with E-state index in [0.717, 1.165) is 30.6 Å². The lowest BCUT2D eigenvalue weighted by Gasteiger charge is -2.17. The molecule has 170 valence electrons. The van der Waals surface area contributed by atoms with E-state index in [1.165, 1.54) is 0 Å². The highest BCUT2D eigenvalue weighted by molar-refractivity contribution is 6.04. The fourth-order valence-electron chi connectivity index (χ4n) is 3.75. The fraction of sp³-hybridized carbons (Fsp3) is 0.259. The Kier molecular flexibility index (Phi) is 7.37. The Hall–Kier alpha value is -3.64.